The zero-order valence-electron chi connectivity index (χ0n) is 9.78. The van der Waals surface area contributed by atoms with Gasteiger partial charge in [0, 0.05) is 0 Å². The molecular formula is C14H10O4S. The molecule has 0 aliphatic rings. The van der Waals surface area contributed by atoms with Gasteiger partial charge in [0.05, 0.1) is 0 Å². The largest absolute Gasteiger partial charge is 0.446 e. The van der Waals surface area contributed by atoms with Gasteiger partial charge in [0.1, 0.15) is 5.75 Å². The van der Waals surface area contributed by atoms with Crippen LogP contribution in [0.25, 0.3) is 21.5 Å². The molecule has 0 aliphatic carbocycles. The number of hydrogen-bond acceptors (Lipinski definition) is 3. The summed E-state index contributed by atoms with van der Waals surface area (Å²) in [6.45, 7) is 0. The third kappa shape index (κ3) is 2.52. The Morgan fingerprint density at radius 2 is 1.37 bits per heavy atom. The zero-order valence-corrected chi connectivity index (χ0v) is 10.6. The maximum atomic E-state index is 10.7. The predicted octanol–water partition coefficient (Wildman–Crippen LogP) is 3.17. The van der Waals surface area contributed by atoms with Gasteiger partial charge < -0.3 is 4.18 Å². The smallest absolute Gasteiger partial charge is 0.362 e. The van der Waals surface area contributed by atoms with E-state index in [1.807, 2.05) is 36.4 Å². The zero-order chi connectivity index (χ0) is 13.5. The van der Waals surface area contributed by atoms with Crippen LogP contribution in [0.2, 0.25) is 0 Å². The Kier molecular flexibility index (Phi) is 2.66. The Hall–Kier alpha value is -2.11. The summed E-state index contributed by atoms with van der Waals surface area (Å²) >= 11 is 0. The molecule has 0 bridgehead atoms. The summed E-state index contributed by atoms with van der Waals surface area (Å²) in [5, 5.41) is 3.98. The minimum Gasteiger partial charge on any atom is -0.362 e. The molecule has 0 unspecified atom stereocenters. The maximum absolute atomic E-state index is 10.7. The molecule has 0 radical (unpaired) electrons. The molecule has 0 heterocycles. The van der Waals surface area contributed by atoms with Crippen molar-refractivity contribution < 1.29 is 17.2 Å². The van der Waals surface area contributed by atoms with E-state index in [1.54, 1.807) is 12.1 Å². The van der Waals surface area contributed by atoms with E-state index in [4.69, 9.17) is 4.55 Å². The molecule has 0 spiro atoms. The summed E-state index contributed by atoms with van der Waals surface area (Å²) in [7, 11) is -4.49. The van der Waals surface area contributed by atoms with Crippen molar-refractivity contribution in [2.75, 3.05) is 0 Å². The molecule has 19 heavy (non-hydrogen) atoms. The second-order valence-electron chi connectivity index (χ2n) is 4.22. The molecule has 0 fully saturated rings. The molecule has 0 saturated heterocycles. The standard InChI is InChI=1S/C14H10O4S/c15-19(16,17)18-14-6-5-12-7-10-3-1-2-4-11(10)8-13(12)9-14/h1-9H,(H,15,16,17). The van der Waals surface area contributed by atoms with E-state index < -0.39 is 10.4 Å². The highest BCUT2D eigenvalue weighted by Gasteiger charge is 2.07. The van der Waals surface area contributed by atoms with Crippen LogP contribution in [-0.2, 0) is 10.4 Å². The average molecular weight is 274 g/mol. The van der Waals surface area contributed by atoms with Crippen LogP contribution in [-0.4, -0.2) is 13.0 Å². The Morgan fingerprint density at radius 1 is 0.789 bits per heavy atom. The van der Waals surface area contributed by atoms with Gasteiger partial charge in [0.15, 0.2) is 0 Å². The van der Waals surface area contributed by atoms with Gasteiger partial charge in [-0.15, -0.1) is 0 Å². The lowest BCUT2D eigenvalue weighted by molar-refractivity contribution is 0.387. The van der Waals surface area contributed by atoms with Crippen LogP contribution in [0.3, 0.4) is 0 Å². The molecule has 0 amide bonds. The first kappa shape index (κ1) is 12.0. The lowest BCUT2D eigenvalue weighted by atomic mass is 10.0. The second-order valence-corrected chi connectivity index (χ2v) is 5.24. The van der Waals surface area contributed by atoms with Gasteiger partial charge in [0.2, 0.25) is 0 Å². The molecule has 0 aromatic heterocycles. The fraction of sp³-hybridized carbons (Fsp3) is 0. The van der Waals surface area contributed by atoms with E-state index in [0.29, 0.717) is 0 Å². The Bertz CT molecular complexity index is 869. The fourth-order valence-electron chi connectivity index (χ4n) is 2.09. The van der Waals surface area contributed by atoms with Gasteiger partial charge in [-0.05, 0) is 45.8 Å². The molecule has 0 aliphatic heterocycles. The third-order valence-corrected chi connectivity index (χ3v) is 3.28. The fourth-order valence-corrected chi connectivity index (χ4v) is 2.44. The minimum atomic E-state index is -4.49. The van der Waals surface area contributed by atoms with Crippen molar-refractivity contribution in [1.29, 1.82) is 0 Å². The Balaban J connectivity index is 2.19. The highest BCUT2D eigenvalue weighted by atomic mass is 32.3. The highest BCUT2D eigenvalue weighted by molar-refractivity contribution is 7.81. The topological polar surface area (TPSA) is 63.6 Å². The van der Waals surface area contributed by atoms with Gasteiger partial charge in [-0.1, -0.05) is 30.3 Å². The normalized spacial score (nSPS) is 11.8. The van der Waals surface area contributed by atoms with Gasteiger partial charge in [-0.3, -0.25) is 4.55 Å². The van der Waals surface area contributed by atoms with E-state index in [1.165, 1.54) is 6.07 Å². The molecule has 96 valence electrons. The lowest BCUT2D eigenvalue weighted by Crippen LogP contribution is -2.06. The van der Waals surface area contributed by atoms with Gasteiger partial charge >= 0.3 is 10.4 Å². The van der Waals surface area contributed by atoms with Crippen LogP contribution >= 0.6 is 0 Å². The van der Waals surface area contributed by atoms with E-state index in [2.05, 4.69) is 4.18 Å². The first-order chi connectivity index (χ1) is 9.01. The monoisotopic (exact) mass is 274 g/mol. The highest BCUT2D eigenvalue weighted by Crippen LogP contribution is 2.26. The van der Waals surface area contributed by atoms with Gasteiger partial charge in [-0.25, -0.2) is 0 Å². The van der Waals surface area contributed by atoms with Crippen molar-refractivity contribution in [3.8, 4) is 5.75 Å². The average Bonchev–Trinajstić information content (AvgIpc) is 2.34. The quantitative estimate of drug-likeness (QED) is 0.576. The molecule has 0 atom stereocenters. The van der Waals surface area contributed by atoms with E-state index in [9.17, 15) is 8.42 Å². The SMILES string of the molecule is O=S(=O)(O)Oc1ccc2cc3ccccc3cc2c1. The number of benzene rings is 3. The first-order valence-electron chi connectivity index (χ1n) is 5.61. The van der Waals surface area contributed by atoms with E-state index in [-0.39, 0.29) is 5.75 Å². The third-order valence-electron chi connectivity index (χ3n) is 2.88. The summed E-state index contributed by atoms with van der Waals surface area (Å²) in [4.78, 5) is 0. The van der Waals surface area contributed by atoms with Crippen molar-refractivity contribution in [1.82, 2.24) is 0 Å². The molecule has 5 heteroatoms. The van der Waals surface area contributed by atoms with Gasteiger partial charge in [-0.2, -0.15) is 8.42 Å². The molecule has 3 aromatic rings. The van der Waals surface area contributed by atoms with Crippen LogP contribution in [0.4, 0.5) is 0 Å². The summed E-state index contributed by atoms with van der Waals surface area (Å²) in [6.07, 6.45) is 0. The van der Waals surface area contributed by atoms with Crippen LogP contribution in [0.1, 0.15) is 0 Å². The van der Waals surface area contributed by atoms with Crippen LogP contribution in [0, 0.1) is 0 Å². The van der Waals surface area contributed by atoms with E-state index >= 15 is 0 Å². The van der Waals surface area contributed by atoms with Crippen LogP contribution in [0.15, 0.2) is 54.6 Å². The minimum absolute atomic E-state index is 0.0882. The van der Waals surface area contributed by atoms with Crippen molar-refractivity contribution in [2.24, 2.45) is 0 Å². The summed E-state index contributed by atoms with van der Waals surface area (Å²) in [5.41, 5.74) is 0. The van der Waals surface area contributed by atoms with Crippen molar-refractivity contribution in [3.63, 3.8) is 0 Å². The van der Waals surface area contributed by atoms with Crippen LogP contribution < -0.4 is 4.18 Å². The summed E-state index contributed by atoms with van der Waals surface area (Å²) in [6, 6.07) is 16.7. The van der Waals surface area contributed by atoms with Crippen molar-refractivity contribution in [3.05, 3.63) is 54.6 Å². The molecular weight excluding hydrogens is 264 g/mol. The van der Waals surface area contributed by atoms with Crippen LogP contribution in [0.5, 0.6) is 5.75 Å². The number of hydrogen-bond donors (Lipinski definition) is 1. The number of fused-ring (bicyclic) bond motifs is 2. The summed E-state index contributed by atoms with van der Waals surface area (Å²) in [5.74, 6) is 0.0882. The number of rotatable bonds is 2. The first-order valence-corrected chi connectivity index (χ1v) is 6.97. The predicted molar refractivity (Wildman–Crippen MR) is 73.6 cm³/mol. The molecule has 3 rings (SSSR count). The Morgan fingerprint density at radius 3 is 2.00 bits per heavy atom. The lowest BCUT2D eigenvalue weighted by Gasteiger charge is -2.05. The molecule has 0 saturated carbocycles. The maximum Gasteiger partial charge on any atom is 0.446 e. The molecule has 1 N–H and O–H groups in total. The van der Waals surface area contributed by atoms with Crippen molar-refractivity contribution >= 4 is 31.9 Å². The summed E-state index contributed by atoms with van der Waals surface area (Å²) < 4.78 is 34.5. The molecule has 4 nitrogen and oxygen atoms in total. The Labute approximate surface area is 110 Å². The van der Waals surface area contributed by atoms with E-state index in [0.717, 1.165) is 21.5 Å². The van der Waals surface area contributed by atoms with Crippen molar-refractivity contribution in [2.45, 2.75) is 0 Å². The second kappa shape index (κ2) is 4.22. The van der Waals surface area contributed by atoms with Gasteiger partial charge in [0.25, 0.3) is 0 Å². The molecule has 3 aromatic carbocycles.